The van der Waals surface area contributed by atoms with Crippen LogP contribution >= 0.6 is 0 Å². The normalized spacial score (nSPS) is 12.4. The Morgan fingerprint density at radius 2 is 1.64 bits per heavy atom. The van der Waals surface area contributed by atoms with Crippen molar-refractivity contribution in [2.45, 2.75) is 51.5 Å². The van der Waals surface area contributed by atoms with Crippen LogP contribution in [0.4, 0.5) is 4.39 Å². The van der Waals surface area contributed by atoms with Crippen molar-refractivity contribution in [3.8, 4) is 28.0 Å². The van der Waals surface area contributed by atoms with Crippen LogP contribution in [0.15, 0.2) is 64.5 Å². The van der Waals surface area contributed by atoms with Gasteiger partial charge in [0, 0.05) is 40.0 Å². The molecule has 0 bridgehead atoms. The first-order valence-corrected chi connectivity index (χ1v) is 12.7. The van der Waals surface area contributed by atoms with E-state index < -0.39 is 17.5 Å². The van der Waals surface area contributed by atoms with Crippen molar-refractivity contribution in [3.05, 3.63) is 70.6 Å². The number of para-hydroxylation sites is 1. The molecule has 1 unspecified atom stereocenters. The van der Waals surface area contributed by atoms with Gasteiger partial charge in [0.15, 0.2) is 5.43 Å². The van der Waals surface area contributed by atoms with Crippen molar-refractivity contribution < 1.29 is 13.3 Å². The van der Waals surface area contributed by atoms with Gasteiger partial charge in [0.05, 0.1) is 23.2 Å². The Hall–Kier alpha value is -2.73. The summed E-state index contributed by atoms with van der Waals surface area (Å²) in [6, 6.07) is 13.2. The highest BCUT2D eigenvalue weighted by molar-refractivity contribution is 7.85. The van der Waals surface area contributed by atoms with E-state index in [2.05, 4.69) is 13.8 Å². The molecule has 0 fully saturated rings. The van der Waals surface area contributed by atoms with Crippen molar-refractivity contribution in [2.75, 3.05) is 19.0 Å². The highest BCUT2D eigenvalue weighted by Crippen LogP contribution is 2.33. The summed E-state index contributed by atoms with van der Waals surface area (Å²) < 4.78 is 33.0. The standard InChI is InChI=1S/C27H32FNO3S/c1-6-32-26-10-8-7-9-22(26)25-17-29(19(4)5)16-24(27(25)30)21-12-11-20(33(31)14-13-28)15-23(21)18(2)3/h7-12,15-19H,6,13-14H2,1-5H3. The quantitative estimate of drug-likeness (QED) is 0.366. The molecule has 0 saturated heterocycles. The average molecular weight is 470 g/mol. The first-order valence-electron chi connectivity index (χ1n) is 11.3. The van der Waals surface area contributed by atoms with Crippen LogP contribution in [0.2, 0.25) is 0 Å². The van der Waals surface area contributed by atoms with E-state index in [4.69, 9.17) is 4.74 Å². The fourth-order valence-electron chi connectivity index (χ4n) is 3.84. The number of rotatable bonds is 9. The molecule has 2 aromatic carbocycles. The van der Waals surface area contributed by atoms with Crippen LogP contribution in [-0.2, 0) is 10.8 Å². The molecule has 0 amide bonds. The van der Waals surface area contributed by atoms with E-state index in [1.54, 1.807) is 6.07 Å². The van der Waals surface area contributed by atoms with Gasteiger partial charge in [-0.05, 0) is 56.0 Å². The number of halogens is 1. The topological polar surface area (TPSA) is 48.3 Å². The van der Waals surface area contributed by atoms with E-state index >= 15 is 0 Å². The van der Waals surface area contributed by atoms with E-state index in [-0.39, 0.29) is 23.1 Å². The van der Waals surface area contributed by atoms with Gasteiger partial charge in [0.2, 0.25) is 0 Å². The molecule has 1 aromatic heterocycles. The lowest BCUT2D eigenvalue weighted by molar-refractivity contribution is 0.341. The second kappa shape index (κ2) is 10.9. The Morgan fingerprint density at radius 3 is 2.24 bits per heavy atom. The minimum absolute atomic E-state index is 0.0270. The van der Waals surface area contributed by atoms with Gasteiger partial charge in [-0.25, -0.2) is 0 Å². The van der Waals surface area contributed by atoms with E-state index in [0.29, 0.717) is 28.4 Å². The summed E-state index contributed by atoms with van der Waals surface area (Å²) in [7, 11) is -1.41. The summed E-state index contributed by atoms with van der Waals surface area (Å²) in [5.41, 5.74) is 3.55. The van der Waals surface area contributed by atoms with Crippen LogP contribution in [0.5, 0.6) is 5.75 Å². The zero-order chi connectivity index (χ0) is 24.1. The van der Waals surface area contributed by atoms with E-state index in [0.717, 1.165) is 16.7 Å². The minimum Gasteiger partial charge on any atom is -0.493 e. The Labute approximate surface area is 197 Å². The third-order valence-corrected chi connectivity index (χ3v) is 6.88. The van der Waals surface area contributed by atoms with Crippen molar-refractivity contribution in [2.24, 2.45) is 0 Å². The number of hydrogen-bond donors (Lipinski definition) is 0. The first kappa shape index (κ1) is 24.9. The van der Waals surface area contributed by atoms with Crippen molar-refractivity contribution in [1.29, 1.82) is 0 Å². The van der Waals surface area contributed by atoms with E-state index in [1.807, 2.05) is 74.1 Å². The fourth-order valence-corrected chi connectivity index (χ4v) is 4.70. The van der Waals surface area contributed by atoms with E-state index in [1.165, 1.54) is 0 Å². The summed E-state index contributed by atoms with van der Waals surface area (Å²) in [5, 5.41) is 0. The molecule has 3 aromatic rings. The summed E-state index contributed by atoms with van der Waals surface area (Å²) in [5.74, 6) is 0.736. The maximum Gasteiger partial charge on any atom is 0.197 e. The number of aromatic nitrogens is 1. The largest absolute Gasteiger partial charge is 0.493 e. The van der Waals surface area contributed by atoms with Crippen molar-refractivity contribution in [1.82, 2.24) is 4.57 Å². The van der Waals surface area contributed by atoms with Gasteiger partial charge in [-0.3, -0.25) is 13.4 Å². The van der Waals surface area contributed by atoms with Crippen LogP contribution in [0.1, 0.15) is 52.1 Å². The summed E-state index contributed by atoms with van der Waals surface area (Å²) in [6.45, 7) is 10.0. The maximum absolute atomic E-state index is 13.8. The number of pyridine rings is 1. The molecule has 4 nitrogen and oxygen atoms in total. The lowest BCUT2D eigenvalue weighted by Crippen LogP contribution is -2.16. The Morgan fingerprint density at radius 1 is 0.970 bits per heavy atom. The van der Waals surface area contributed by atoms with Crippen LogP contribution in [0.3, 0.4) is 0 Å². The summed E-state index contributed by atoms with van der Waals surface area (Å²) >= 11 is 0. The lowest BCUT2D eigenvalue weighted by Gasteiger charge is -2.19. The summed E-state index contributed by atoms with van der Waals surface area (Å²) in [4.78, 5) is 14.4. The van der Waals surface area contributed by atoms with Gasteiger partial charge in [0.1, 0.15) is 12.4 Å². The lowest BCUT2D eigenvalue weighted by atomic mass is 9.91. The molecule has 0 saturated carbocycles. The first-order chi connectivity index (χ1) is 15.8. The van der Waals surface area contributed by atoms with Gasteiger partial charge < -0.3 is 9.30 Å². The van der Waals surface area contributed by atoms with Gasteiger partial charge in [-0.1, -0.05) is 38.1 Å². The molecule has 1 heterocycles. The number of ether oxygens (including phenoxy) is 1. The monoisotopic (exact) mass is 469 g/mol. The number of hydrogen-bond acceptors (Lipinski definition) is 3. The minimum atomic E-state index is -1.41. The molecular formula is C27H32FNO3S. The molecule has 0 aliphatic heterocycles. The third kappa shape index (κ3) is 5.44. The smallest absolute Gasteiger partial charge is 0.197 e. The van der Waals surface area contributed by atoms with Crippen LogP contribution < -0.4 is 10.2 Å². The van der Waals surface area contributed by atoms with Crippen LogP contribution in [0.25, 0.3) is 22.3 Å². The SMILES string of the molecule is CCOc1ccccc1-c1cn(C(C)C)cc(-c2ccc(S(=O)CCF)cc2C(C)C)c1=O. The molecule has 1 atom stereocenters. The maximum atomic E-state index is 13.8. The third-order valence-electron chi connectivity index (χ3n) is 5.58. The van der Waals surface area contributed by atoms with Gasteiger partial charge in [-0.2, -0.15) is 0 Å². The zero-order valence-corrected chi connectivity index (χ0v) is 20.7. The molecule has 33 heavy (non-hydrogen) atoms. The van der Waals surface area contributed by atoms with Gasteiger partial charge >= 0.3 is 0 Å². The average Bonchev–Trinajstić information content (AvgIpc) is 2.79. The Bertz CT molecular complexity index is 1200. The second-order valence-electron chi connectivity index (χ2n) is 8.53. The van der Waals surface area contributed by atoms with Crippen LogP contribution in [0, 0.1) is 0 Å². The van der Waals surface area contributed by atoms with Crippen molar-refractivity contribution in [3.63, 3.8) is 0 Å². The fraction of sp³-hybridized carbons (Fsp3) is 0.370. The number of benzene rings is 2. The highest BCUT2D eigenvalue weighted by atomic mass is 32.2. The molecule has 3 rings (SSSR count). The Balaban J connectivity index is 2.28. The molecule has 0 aliphatic rings. The number of alkyl halides is 1. The van der Waals surface area contributed by atoms with Crippen LogP contribution in [-0.4, -0.2) is 27.8 Å². The molecular weight excluding hydrogens is 437 g/mol. The molecule has 176 valence electrons. The predicted molar refractivity (Wildman–Crippen MR) is 134 cm³/mol. The molecule has 0 aliphatic carbocycles. The zero-order valence-electron chi connectivity index (χ0n) is 19.9. The van der Waals surface area contributed by atoms with Gasteiger partial charge in [0.25, 0.3) is 0 Å². The number of nitrogens with zero attached hydrogens (tertiary/aromatic N) is 1. The van der Waals surface area contributed by atoms with E-state index in [9.17, 15) is 13.4 Å². The molecule has 0 radical (unpaired) electrons. The van der Waals surface area contributed by atoms with Gasteiger partial charge in [-0.15, -0.1) is 0 Å². The highest BCUT2D eigenvalue weighted by Gasteiger charge is 2.19. The molecule has 6 heteroatoms. The molecule has 0 N–H and O–H groups in total. The van der Waals surface area contributed by atoms with Crippen molar-refractivity contribution >= 4 is 10.8 Å². The summed E-state index contributed by atoms with van der Waals surface area (Å²) in [6.07, 6.45) is 3.77. The Kier molecular flexibility index (Phi) is 8.25. The second-order valence-corrected chi connectivity index (χ2v) is 10.1. The predicted octanol–water partition coefficient (Wildman–Crippen LogP) is 6.36. The molecule has 0 spiro atoms.